The van der Waals surface area contributed by atoms with Crippen molar-refractivity contribution in [2.75, 3.05) is 18.9 Å². The molecule has 0 aliphatic rings. The number of nitrogen functional groups attached to an aromatic ring is 1. The van der Waals surface area contributed by atoms with Gasteiger partial charge in [-0.05, 0) is 13.8 Å². The van der Waals surface area contributed by atoms with Crippen LogP contribution >= 0.6 is 0 Å². The molecule has 0 heterocycles. The first-order valence-electron chi connectivity index (χ1n) is 5.54. The number of aliphatic hydroxyl groups excluding tert-OH is 1. The van der Waals surface area contributed by atoms with E-state index in [2.05, 4.69) is 0 Å². The van der Waals surface area contributed by atoms with Crippen LogP contribution < -0.4 is 15.2 Å². The molecule has 1 aromatic rings. The summed E-state index contributed by atoms with van der Waals surface area (Å²) < 4.78 is 24.1. The third kappa shape index (κ3) is 4.11. The Morgan fingerprint density at radius 1 is 1.35 bits per heavy atom. The molecule has 0 saturated heterocycles. The minimum atomic E-state index is -0.509. The van der Waals surface area contributed by atoms with E-state index in [0.29, 0.717) is 18.8 Å². The van der Waals surface area contributed by atoms with Crippen molar-refractivity contribution in [2.45, 2.75) is 26.4 Å². The number of nitrogens with two attached hydrogens (primary N) is 1. The fourth-order valence-electron chi connectivity index (χ4n) is 1.27. The van der Waals surface area contributed by atoms with Crippen molar-refractivity contribution in [1.29, 1.82) is 0 Å². The molecule has 3 N–H and O–H groups in total. The van der Waals surface area contributed by atoms with Crippen molar-refractivity contribution in [3.8, 4) is 11.5 Å². The van der Waals surface area contributed by atoms with Crippen molar-refractivity contribution in [3.63, 3.8) is 0 Å². The molecule has 0 bridgehead atoms. The highest BCUT2D eigenvalue weighted by Gasteiger charge is 2.11. The standard InChI is InChI=1S/C12H18FNO3/c1-8(2)17-11-7-12(16-5-3-4-15)10(14)6-9(11)13/h6-8,15H,3-5,14H2,1-2H3. The third-order valence-corrected chi connectivity index (χ3v) is 1.99. The zero-order valence-electron chi connectivity index (χ0n) is 10.1. The number of anilines is 1. The molecule has 0 aliphatic heterocycles. The first-order chi connectivity index (χ1) is 8.04. The Balaban J connectivity index is 2.82. The largest absolute Gasteiger partial charge is 0.491 e. The van der Waals surface area contributed by atoms with Gasteiger partial charge in [0.15, 0.2) is 11.6 Å². The van der Waals surface area contributed by atoms with E-state index in [9.17, 15) is 4.39 Å². The monoisotopic (exact) mass is 243 g/mol. The van der Waals surface area contributed by atoms with Crippen molar-refractivity contribution in [3.05, 3.63) is 17.9 Å². The minimum Gasteiger partial charge on any atom is -0.491 e. The lowest BCUT2D eigenvalue weighted by atomic mass is 10.2. The number of aliphatic hydroxyl groups is 1. The Morgan fingerprint density at radius 2 is 2.06 bits per heavy atom. The summed E-state index contributed by atoms with van der Waals surface area (Å²) in [6.07, 6.45) is 0.371. The number of halogens is 1. The topological polar surface area (TPSA) is 64.7 Å². The Morgan fingerprint density at radius 3 is 2.65 bits per heavy atom. The number of hydrogen-bond donors (Lipinski definition) is 2. The number of ether oxygens (including phenoxy) is 2. The van der Waals surface area contributed by atoms with Crippen LogP contribution in [0.25, 0.3) is 0 Å². The molecular formula is C12H18FNO3. The molecule has 1 rings (SSSR count). The fourth-order valence-corrected chi connectivity index (χ4v) is 1.27. The van der Waals surface area contributed by atoms with Gasteiger partial charge in [0.2, 0.25) is 0 Å². The van der Waals surface area contributed by atoms with Gasteiger partial charge in [0.25, 0.3) is 0 Å². The maximum atomic E-state index is 13.5. The van der Waals surface area contributed by atoms with Gasteiger partial charge in [-0.15, -0.1) is 0 Å². The quantitative estimate of drug-likeness (QED) is 0.592. The second-order valence-corrected chi connectivity index (χ2v) is 3.91. The average Bonchev–Trinajstić information content (AvgIpc) is 2.24. The van der Waals surface area contributed by atoms with E-state index in [4.69, 9.17) is 20.3 Å². The lowest BCUT2D eigenvalue weighted by molar-refractivity contribution is 0.223. The normalized spacial score (nSPS) is 10.6. The van der Waals surface area contributed by atoms with Crippen LogP contribution in [-0.4, -0.2) is 24.4 Å². The molecule has 0 saturated carbocycles. The SMILES string of the molecule is CC(C)Oc1cc(OCCCO)c(N)cc1F. The zero-order chi connectivity index (χ0) is 12.8. The molecule has 5 heteroatoms. The van der Waals surface area contributed by atoms with Gasteiger partial charge >= 0.3 is 0 Å². The highest BCUT2D eigenvalue weighted by molar-refractivity contribution is 5.56. The van der Waals surface area contributed by atoms with Crippen LogP contribution in [-0.2, 0) is 0 Å². The summed E-state index contributed by atoms with van der Waals surface area (Å²) in [7, 11) is 0. The van der Waals surface area contributed by atoms with E-state index < -0.39 is 5.82 Å². The predicted octanol–water partition coefficient (Wildman–Crippen LogP) is 1.96. The summed E-state index contributed by atoms with van der Waals surface area (Å²) in [5.74, 6) is -0.0191. The predicted molar refractivity (Wildman–Crippen MR) is 63.8 cm³/mol. The highest BCUT2D eigenvalue weighted by atomic mass is 19.1. The molecule has 0 fully saturated rings. The summed E-state index contributed by atoms with van der Waals surface area (Å²) in [5.41, 5.74) is 5.84. The van der Waals surface area contributed by atoms with Gasteiger partial charge in [-0.3, -0.25) is 0 Å². The second-order valence-electron chi connectivity index (χ2n) is 3.91. The Labute approximate surface area is 100 Å². The second kappa shape index (κ2) is 6.30. The lowest BCUT2D eigenvalue weighted by Crippen LogP contribution is -2.08. The number of hydrogen-bond acceptors (Lipinski definition) is 4. The molecule has 4 nitrogen and oxygen atoms in total. The van der Waals surface area contributed by atoms with E-state index in [-0.39, 0.29) is 24.1 Å². The summed E-state index contributed by atoms with van der Waals surface area (Å²) in [5, 5.41) is 8.64. The average molecular weight is 243 g/mol. The fraction of sp³-hybridized carbons (Fsp3) is 0.500. The number of rotatable bonds is 6. The molecule has 0 unspecified atom stereocenters. The van der Waals surface area contributed by atoms with E-state index in [0.717, 1.165) is 0 Å². The molecule has 17 heavy (non-hydrogen) atoms. The lowest BCUT2D eigenvalue weighted by Gasteiger charge is -2.14. The van der Waals surface area contributed by atoms with Gasteiger partial charge in [-0.25, -0.2) is 4.39 Å². The third-order valence-electron chi connectivity index (χ3n) is 1.99. The molecule has 0 amide bonds. The van der Waals surface area contributed by atoms with Crippen LogP contribution in [0.1, 0.15) is 20.3 Å². The molecular weight excluding hydrogens is 225 g/mol. The van der Waals surface area contributed by atoms with Crippen LogP contribution in [0, 0.1) is 5.82 Å². The van der Waals surface area contributed by atoms with Crippen LogP contribution in [0.4, 0.5) is 10.1 Å². The minimum absolute atomic E-state index is 0.0381. The Hall–Kier alpha value is -1.49. The zero-order valence-corrected chi connectivity index (χ0v) is 10.1. The maximum Gasteiger partial charge on any atom is 0.167 e. The van der Waals surface area contributed by atoms with Crippen molar-refractivity contribution >= 4 is 5.69 Å². The summed E-state index contributed by atoms with van der Waals surface area (Å²) in [4.78, 5) is 0. The summed E-state index contributed by atoms with van der Waals surface area (Å²) >= 11 is 0. The van der Waals surface area contributed by atoms with E-state index >= 15 is 0 Å². The van der Waals surface area contributed by atoms with E-state index in [1.54, 1.807) is 0 Å². The number of benzene rings is 1. The van der Waals surface area contributed by atoms with Gasteiger partial charge in [0.05, 0.1) is 18.4 Å². The molecule has 0 aromatic heterocycles. The van der Waals surface area contributed by atoms with Crippen LogP contribution in [0.15, 0.2) is 12.1 Å². The van der Waals surface area contributed by atoms with Crippen molar-refractivity contribution in [2.24, 2.45) is 0 Å². The highest BCUT2D eigenvalue weighted by Crippen LogP contribution is 2.30. The molecule has 0 atom stereocenters. The molecule has 0 radical (unpaired) electrons. The first-order valence-corrected chi connectivity index (χ1v) is 5.54. The van der Waals surface area contributed by atoms with Crippen LogP contribution in [0.2, 0.25) is 0 Å². The van der Waals surface area contributed by atoms with Crippen molar-refractivity contribution in [1.82, 2.24) is 0 Å². The smallest absolute Gasteiger partial charge is 0.167 e. The molecule has 1 aromatic carbocycles. The molecule has 0 aliphatic carbocycles. The Kier molecular flexibility index (Phi) is 5.03. The van der Waals surface area contributed by atoms with Gasteiger partial charge in [-0.1, -0.05) is 0 Å². The molecule has 96 valence electrons. The van der Waals surface area contributed by atoms with E-state index in [1.165, 1.54) is 12.1 Å². The van der Waals surface area contributed by atoms with Crippen LogP contribution in [0.5, 0.6) is 11.5 Å². The van der Waals surface area contributed by atoms with Gasteiger partial charge in [0.1, 0.15) is 5.75 Å². The maximum absolute atomic E-state index is 13.5. The summed E-state index contributed by atoms with van der Waals surface area (Å²) in [6.45, 7) is 3.98. The van der Waals surface area contributed by atoms with Gasteiger partial charge in [0, 0.05) is 25.2 Å². The summed E-state index contributed by atoms with van der Waals surface area (Å²) in [6, 6.07) is 2.61. The van der Waals surface area contributed by atoms with Crippen LogP contribution in [0.3, 0.4) is 0 Å². The van der Waals surface area contributed by atoms with Crippen molar-refractivity contribution < 1.29 is 19.0 Å². The van der Waals surface area contributed by atoms with E-state index in [1.807, 2.05) is 13.8 Å². The van der Waals surface area contributed by atoms with Gasteiger partial charge in [-0.2, -0.15) is 0 Å². The Bertz CT molecular complexity index is 369. The molecule has 0 spiro atoms. The van der Waals surface area contributed by atoms with Gasteiger partial charge < -0.3 is 20.3 Å². The first kappa shape index (κ1) is 13.6.